The summed E-state index contributed by atoms with van der Waals surface area (Å²) in [6.45, 7) is 29.2. The van der Waals surface area contributed by atoms with E-state index in [0.29, 0.717) is 19.3 Å². The summed E-state index contributed by atoms with van der Waals surface area (Å²) in [5.74, 6) is -0.354. The molecule has 0 saturated heterocycles. The van der Waals surface area contributed by atoms with Crippen LogP contribution in [-0.4, -0.2) is 45.9 Å². The minimum atomic E-state index is -2.21. The van der Waals surface area contributed by atoms with Crippen LogP contribution in [0.15, 0.2) is 0 Å². The highest BCUT2D eigenvalue weighted by Crippen LogP contribution is 2.44. The van der Waals surface area contributed by atoms with E-state index < -0.39 is 33.9 Å². The molecule has 1 aliphatic rings. The Morgan fingerprint density at radius 1 is 0.879 bits per heavy atom. The molecule has 1 saturated carbocycles. The maximum absolute atomic E-state index is 13.2. The number of hydrogen-bond acceptors (Lipinski definition) is 5. The summed E-state index contributed by atoms with van der Waals surface area (Å²) in [5.41, 5.74) is -1.20. The molecule has 8 heteroatoms. The molecule has 1 rings (SSSR count). The molecule has 1 fully saturated rings. The van der Waals surface area contributed by atoms with Crippen molar-refractivity contribution >= 4 is 28.7 Å². The fourth-order valence-electron chi connectivity index (χ4n) is 3.36. The van der Waals surface area contributed by atoms with Gasteiger partial charge in [-0.3, -0.25) is 4.79 Å². The molecule has 33 heavy (non-hydrogen) atoms. The molecule has 0 aliphatic heterocycles. The van der Waals surface area contributed by atoms with Gasteiger partial charge in [0, 0.05) is 0 Å². The van der Waals surface area contributed by atoms with Crippen LogP contribution >= 0.6 is 0 Å². The molecular formula is C25H51NO5Si2. The monoisotopic (exact) mass is 501 g/mol. The highest BCUT2D eigenvalue weighted by molar-refractivity contribution is 6.75. The fourth-order valence-corrected chi connectivity index (χ4v) is 5.76. The Morgan fingerprint density at radius 2 is 1.36 bits per heavy atom. The standard InChI is InChI=1S/C25H51NO5Si2/c1-22(2,3)29-21(28)26-25(10)16-15-18(20(27)31-33(13,14)24(7,8)9)17-19(25)30-32(11,12)23(4,5)6/h18-19H,15-17H2,1-14H3,(H,26,28)/t18-,19+,25+/m0/s1. The van der Waals surface area contributed by atoms with Crippen molar-refractivity contribution in [1.29, 1.82) is 0 Å². The summed E-state index contributed by atoms with van der Waals surface area (Å²) in [5, 5.41) is 3.07. The minimum Gasteiger partial charge on any atom is -0.519 e. The summed E-state index contributed by atoms with van der Waals surface area (Å²) in [6, 6.07) is 0. The number of carbonyl (C=O) groups excluding carboxylic acids is 2. The van der Waals surface area contributed by atoms with Gasteiger partial charge >= 0.3 is 6.09 Å². The Labute approximate surface area is 205 Å². The van der Waals surface area contributed by atoms with Crippen LogP contribution in [0.2, 0.25) is 36.3 Å². The first kappa shape index (κ1) is 30.2. The topological polar surface area (TPSA) is 73.9 Å². The average molecular weight is 502 g/mol. The zero-order valence-electron chi connectivity index (χ0n) is 23.8. The van der Waals surface area contributed by atoms with Gasteiger partial charge in [-0.25, -0.2) is 4.79 Å². The third kappa shape index (κ3) is 8.10. The van der Waals surface area contributed by atoms with Crippen molar-refractivity contribution in [3.63, 3.8) is 0 Å². The normalized spacial score (nSPS) is 25.4. The maximum Gasteiger partial charge on any atom is 0.408 e. The molecule has 3 atom stereocenters. The first-order valence-electron chi connectivity index (χ1n) is 12.3. The number of hydrogen-bond donors (Lipinski definition) is 1. The Hall–Kier alpha value is -0.866. The number of ether oxygens (including phenoxy) is 1. The van der Waals surface area contributed by atoms with E-state index in [9.17, 15) is 9.59 Å². The van der Waals surface area contributed by atoms with Crippen molar-refractivity contribution in [2.24, 2.45) is 5.92 Å². The van der Waals surface area contributed by atoms with Crippen molar-refractivity contribution in [2.45, 2.75) is 142 Å². The molecule has 1 aliphatic carbocycles. The van der Waals surface area contributed by atoms with Crippen molar-refractivity contribution < 1.29 is 23.2 Å². The van der Waals surface area contributed by atoms with E-state index in [0.717, 1.165) is 0 Å². The van der Waals surface area contributed by atoms with Gasteiger partial charge in [-0.15, -0.1) is 0 Å². The highest BCUT2D eigenvalue weighted by Gasteiger charge is 2.50. The summed E-state index contributed by atoms with van der Waals surface area (Å²) in [7, 11) is -4.37. The van der Waals surface area contributed by atoms with Crippen LogP contribution in [0.25, 0.3) is 0 Å². The van der Waals surface area contributed by atoms with Crippen LogP contribution in [-0.2, 0) is 18.4 Å². The van der Waals surface area contributed by atoms with Crippen molar-refractivity contribution in [2.75, 3.05) is 0 Å². The third-order valence-electron chi connectivity index (χ3n) is 7.75. The van der Waals surface area contributed by atoms with Crippen molar-refractivity contribution in [1.82, 2.24) is 5.32 Å². The van der Waals surface area contributed by atoms with Crippen LogP contribution in [0.1, 0.15) is 88.5 Å². The Morgan fingerprint density at radius 3 is 1.79 bits per heavy atom. The number of carbonyl (C=O) groups is 2. The van der Waals surface area contributed by atoms with Gasteiger partial charge in [0.05, 0.1) is 17.6 Å². The lowest BCUT2D eigenvalue weighted by atomic mass is 9.75. The van der Waals surface area contributed by atoms with Gasteiger partial charge in [-0.2, -0.15) is 0 Å². The molecule has 1 N–H and O–H groups in total. The zero-order chi connectivity index (χ0) is 26.3. The Bertz CT molecular complexity index is 716. The van der Waals surface area contributed by atoms with E-state index in [2.05, 4.69) is 73.0 Å². The van der Waals surface area contributed by atoms with Crippen LogP contribution in [0.3, 0.4) is 0 Å². The van der Waals surface area contributed by atoms with E-state index in [1.165, 1.54) is 0 Å². The lowest BCUT2D eigenvalue weighted by molar-refractivity contribution is -0.143. The number of alkyl carbamates (subject to hydrolysis) is 1. The van der Waals surface area contributed by atoms with Crippen molar-refractivity contribution in [3.8, 4) is 0 Å². The molecule has 0 unspecified atom stereocenters. The lowest BCUT2D eigenvalue weighted by Crippen LogP contribution is -2.62. The van der Waals surface area contributed by atoms with E-state index in [-0.39, 0.29) is 28.1 Å². The largest absolute Gasteiger partial charge is 0.519 e. The molecule has 0 aromatic carbocycles. The number of rotatable bonds is 5. The third-order valence-corrected chi connectivity index (χ3v) is 16.6. The second-order valence-corrected chi connectivity index (χ2v) is 23.5. The van der Waals surface area contributed by atoms with Crippen LogP contribution in [0.5, 0.6) is 0 Å². The zero-order valence-corrected chi connectivity index (χ0v) is 25.8. The highest BCUT2D eigenvalue weighted by atomic mass is 28.4. The van der Waals surface area contributed by atoms with Gasteiger partial charge in [0.2, 0.25) is 0 Å². The van der Waals surface area contributed by atoms with Crippen molar-refractivity contribution in [3.05, 3.63) is 0 Å². The second kappa shape index (κ2) is 9.65. The summed E-state index contributed by atoms with van der Waals surface area (Å²) < 4.78 is 18.5. The lowest BCUT2D eigenvalue weighted by Gasteiger charge is -2.49. The quantitative estimate of drug-likeness (QED) is 0.410. The second-order valence-electron chi connectivity index (χ2n) is 14.1. The van der Waals surface area contributed by atoms with Gasteiger partial charge in [-0.1, -0.05) is 41.5 Å². The first-order valence-corrected chi connectivity index (χ1v) is 18.1. The fraction of sp³-hybridized carbons (Fsp3) is 0.920. The molecule has 0 radical (unpaired) electrons. The van der Waals surface area contributed by atoms with E-state index in [1.54, 1.807) is 0 Å². The molecule has 6 nitrogen and oxygen atoms in total. The number of nitrogens with one attached hydrogen (secondary N) is 1. The first-order chi connectivity index (χ1) is 14.4. The maximum atomic E-state index is 13.2. The van der Waals surface area contributed by atoms with Gasteiger partial charge in [0.1, 0.15) is 5.60 Å². The molecule has 0 aromatic heterocycles. The molecule has 0 spiro atoms. The molecule has 0 aromatic rings. The van der Waals surface area contributed by atoms with E-state index in [1.807, 2.05) is 27.7 Å². The summed E-state index contributed by atoms with van der Waals surface area (Å²) in [6.07, 6.45) is 1.07. The smallest absolute Gasteiger partial charge is 0.408 e. The average Bonchev–Trinajstić information content (AvgIpc) is 2.52. The van der Waals surface area contributed by atoms with Gasteiger partial charge < -0.3 is 18.9 Å². The predicted octanol–water partition coefficient (Wildman–Crippen LogP) is 7.01. The Kier molecular flexibility index (Phi) is 8.82. The van der Waals surface area contributed by atoms with E-state index in [4.69, 9.17) is 13.6 Å². The van der Waals surface area contributed by atoms with E-state index >= 15 is 0 Å². The minimum absolute atomic E-state index is 0.00835. The van der Waals surface area contributed by atoms with Gasteiger partial charge in [0.25, 0.3) is 14.3 Å². The van der Waals surface area contributed by atoms with Gasteiger partial charge in [0.15, 0.2) is 8.32 Å². The van der Waals surface area contributed by atoms with Crippen LogP contribution in [0.4, 0.5) is 4.79 Å². The molecule has 194 valence electrons. The summed E-state index contributed by atoms with van der Waals surface area (Å²) >= 11 is 0. The molecule has 1 amide bonds. The SMILES string of the molecule is CC(C)(C)OC(=O)N[C@]1(C)CC[C@H](C(=O)O[Si](C)(C)C(C)(C)C)C[C@H]1O[Si](C)(C)C(C)(C)C. The van der Waals surface area contributed by atoms with Crippen LogP contribution in [0, 0.1) is 5.92 Å². The molecule has 0 bridgehead atoms. The predicted molar refractivity (Wildman–Crippen MR) is 140 cm³/mol. The summed E-state index contributed by atoms with van der Waals surface area (Å²) in [4.78, 5) is 25.9. The molecular weight excluding hydrogens is 450 g/mol. The number of amides is 1. The van der Waals surface area contributed by atoms with Crippen LogP contribution < -0.4 is 5.32 Å². The van der Waals surface area contributed by atoms with Gasteiger partial charge in [-0.05, 0) is 83.2 Å². The molecule has 0 heterocycles. The Balaban J connectivity index is 3.17.